The lowest BCUT2D eigenvalue weighted by atomic mass is 10.2. The van der Waals surface area contributed by atoms with Crippen LogP contribution >= 0.6 is 0 Å². The van der Waals surface area contributed by atoms with Gasteiger partial charge in [-0.1, -0.05) is 6.07 Å². The minimum absolute atomic E-state index is 0.475. The first-order valence-electron chi connectivity index (χ1n) is 5.73. The highest BCUT2D eigenvalue weighted by molar-refractivity contribution is 5.44. The molecule has 2 rings (SSSR count). The SMILES string of the molecule is Cc1ccc(N(C)Cc2ccoc2C)nc1C#N. The van der Waals surface area contributed by atoms with Crippen LogP contribution in [0, 0.1) is 25.2 Å². The fraction of sp³-hybridized carbons (Fsp3) is 0.286. The monoisotopic (exact) mass is 241 g/mol. The summed E-state index contributed by atoms with van der Waals surface area (Å²) < 4.78 is 5.27. The maximum Gasteiger partial charge on any atom is 0.145 e. The fourth-order valence-electron chi connectivity index (χ4n) is 1.76. The molecule has 0 atom stereocenters. The van der Waals surface area contributed by atoms with E-state index in [2.05, 4.69) is 11.1 Å². The Morgan fingerprint density at radius 2 is 2.11 bits per heavy atom. The molecule has 0 fully saturated rings. The van der Waals surface area contributed by atoms with Crippen molar-refractivity contribution in [3.8, 4) is 6.07 Å². The first-order valence-corrected chi connectivity index (χ1v) is 5.73. The molecule has 4 nitrogen and oxygen atoms in total. The van der Waals surface area contributed by atoms with E-state index < -0.39 is 0 Å². The van der Waals surface area contributed by atoms with Crippen LogP contribution in [0.15, 0.2) is 28.9 Å². The third-order valence-corrected chi connectivity index (χ3v) is 2.95. The molecule has 2 aromatic heterocycles. The van der Waals surface area contributed by atoms with Gasteiger partial charge in [-0.25, -0.2) is 4.98 Å². The van der Waals surface area contributed by atoms with E-state index in [1.54, 1.807) is 6.26 Å². The average Bonchev–Trinajstić information content (AvgIpc) is 2.75. The predicted molar refractivity (Wildman–Crippen MR) is 69.2 cm³/mol. The van der Waals surface area contributed by atoms with Crippen LogP contribution in [0.4, 0.5) is 5.82 Å². The van der Waals surface area contributed by atoms with Crippen LogP contribution in [0.1, 0.15) is 22.6 Å². The highest BCUT2D eigenvalue weighted by Gasteiger charge is 2.09. The van der Waals surface area contributed by atoms with Gasteiger partial charge in [-0.05, 0) is 31.5 Å². The first-order chi connectivity index (χ1) is 8.61. The van der Waals surface area contributed by atoms with Gasteiger partial charge in [-0.3, -0.25) is 0 Å². The average molecular weight is 241 g/mol. The molecular weight excluding hydrogens is 226 g/mol. The van der Waals surface area contributed by atoms with Gasteiger partial charge in [0.25, 0.3) is 0 Å². The van der Waals surface area contributed by atoms with Crippen molar-refractivity contribution in [3.05, 3.63) is 47.0 Å². The van der Waals surface area contributed by atoms with Crippen LogP contribution in [-0.4, -0.2) is 12.0 Å². The highest BCUT2D eigenvalue weighted by Crippen LogP contribution is 2.17. The normalized spacial score (nSPS) is 10.1. The summed E-state index contributed by atoms with van der Waals surface area (Å²) >= 11 is 0. The van der Waals surface area contributed by atoms with E-state index in [1.807, 2.05) is 44.0 Å². The molecule has 0 aliphatic heterocycles. The minimum atomic E-state index is 0.475. The summed E-state index contributed by atoms with van der Waals surface area (Å²) in [5.74, 6) is 1.70. The van der Waals surface area contributed by atoms with Gasteiger partial charge in [0, 0.05) is 19.2 Å². The van der Waals surface area contributed by atoms with Crippen LogP contribution < -0.4 is 4.90 Å². The Labute approximate surface area is 106 Å². The van der Waals surface area contributed by atoms with Crippen molar-refractivity contribution >= 4 is 5.82 Å². The number of rotatable bonds is 3. The van der Waals surface area contributed by atoms with Crippen molar-refractivity contribution < 1.29 is 4.42 Å². The van der Waals surface area contributed by atoms with Gasteiger partial charge < -0.3 is 9.32 Å². The van der Waals surface area contributed by atoms with Crippen molar-refractivity contribution in [1.29, 1.82) is 5.26 Å². The summed E-state index contributed by atoms with van der Waals surface area (Å²) in [5, 5.41) is 8.98. The van der Waals surface area contributed by atoms with E-state index in [0.717, 1.165) is 22.7 Å². The van der Waals surface area contributed by atoms with Crippen LogP contribution in [0.2, 0.25) is 0 Å². The second-order valence-corrected chi connectivity index (χ2v) is 4.30. The number of nitrogens with zero attached hydrogens (tertiary/aromatic N) is 3. The number of nitriles is 1. The van der Waals surface area contributed by atoms with Gasteiger partial charge in [-0.15, -0.1) is 0 Å². The number of hydrogen-bond acceptors (Lipinski definition) is 4. The number of hydrogen-bond donors (Lipinski definition) is 0. The molecule has 0 aliphatic rings. The van der Waals surface area contributed by atoms with Crippen molar-refractivity contribution in [2.24, 2.45) is 0 Å². The molecule has 2 aromatic rings. The van der Waals surface area contributed by atoms with Crippen LogP contribution in [0.5, 0.6) is 0 Å². The zero-order chi connectivity index (χ0) is 13.1. The molecule has 0 aromatic carbocycles. The molecule has 0 N–H and O–H groups in total. The van der Waals surface area contributed by atoms with Crippen LogP contribution in [-0.2, 0) is 6.54 Å². The highest BCUT2D eigenvalue weighted by atomic mass is 16.3. The Morgan fingerprint density at radius 1 is 1.33 bits per heavy atom. The maximum atomic E-state index is 8.98. The van der Waals surface area contributed by atoms with Crippen LogP contribution in [0.3, 0.4) is 0 Å². The number of furan rings is 1. The number of aromatic nitrogens is 1. The Balaban J connectivity index is 2.22. The zero-order valence-electron chi connectivity index (χ0n) is 10.8. The standard InChI is InChI=1S/C14H15N3O/c1-10-4-5-14(16-13(10)8-15)17(3)9-12-6-7-18-11(12)2/h4-7H,9H2,1-3H3. The molecule has 18 heavy (non-hydrogen) atoms. The Kier molecular flexibility index (Phi) is 3.33. The lowest BCUT2D eigenvalue weighted by molar-refractivity contribution is 0.529. The van der Waals surface area contributed by atoms with Gasteiger partial charge in [-0.2, -0.15) is 5.26 Å². The Morgan fingerprint density at radius 3 is 2.72 bits per heavy atom. The minimum Gasteiger partial charge on any atom is -0.469 e. The molecule has 92 valence electrons. The molecule has 0 saturated heterocycles. The van der Waals surface area contributed by atoms with Crippen molar-refractivity contribution in [2.75, 3.05) is 11.9 Å². The molecule has 0 unspecified atom stereocenters. The second-order valence-electron chi connectivity index (χ2n) is 4.30. The molecule has 0 spiro atoms. The van der Waals surface area contributed by atoms with E-state index in [1.165, 1.54) is 0 Å². The first kappa shape index (κ1) is 12.2. The van der Waals surface area contributed by atoms with Gasteiger partial charge in [0.2, 0.25) is 0 Å². The summed E-state index contributed by atoms with van der Waals surface area (Å²) in [6.07, 6.45) is 1.68. The molecule has 0 bridgehead atoms. The molecule has 0 amide bonds. The summed E-state index contributed by atoms with van der Waals surface area (Å²) in [7, 11) is 1.95. The fourth-order valence-corrected chi connectivity index (χ4v) is 1.76. The topological polar surface area (TPSA) is 53.1 Å². The van der Waals surface area contributed by atoms with Gasteiger partial charge >= 0.3 is 0 Å². The summed E-state index contributed by atoms with van der Waals surface area (Å²) in [6, 6.07) is 7.89. The third-order valence-electron chi connectivity index (χ3n) is 2.95. The van der Waals surface area contributed by atoms with E-state index in [4.69, 9.17) is 9.68 Å². The number of pyridine rings is 1. The molecule has 2 heterocycles. The van der Waals surface area contributed by atoms with Crippen molar-refractivity contribution in [3.63, 3.8) is 0 Å². The quantitative estimate of drug-likeness (QED) is 0.829. The third kappa shape index (κ3) is 2.35. The largest absolute Gasteiger partial charge is 0.469 e. The Hall–Kier alpha value is -2.28. The van der Waals surface area contributed by atoms with Crippen molar-refractivity contribution in [2.45, 2.75) is 20.4 Å². The molecule has 4 heteroatoms. The van der Waals surface area contributed by atoms with Gasteiger partial charge in [0.1, 0.15) is 23.3 Å². The number of aryl methyl sites for hydroxylation is 2. The molecule has 0 saturated carbocycles. The van der Waals surface area contributed by atoms with E-state index in [0.29, 0.717) is 12.2 Å². The molecule has 0 radical (unpaired) electrons. The summed E-state index contributed by atoms with van der Waals surface area (Å²) in [6.45, 7) is 4.53. The van der Waals surface area contributed by atoms with Crippen molar-refractivity contribution in [1.82, 2.24) is 4.98 Å². The zero-order valence-corrected chi connectivity index (χ0v) is 10.8. The lowest BCUT2D eigenvalue weighted by Crippen LogP contribution is -2.18. The van der Waals surface area contributed by atoms with Gasteiger partial charge in [0.15, 0.2) is 0 Å². The van der Waals surface area contributed by atoms with E-state index in [-0.39, 0.29) is 0 Å². The number of anilines is 1. The summed E-state index contributed by atoms with van der Waals surface area (Å²) in [4.78, 5) is 6.33. The lowest BCUT2D eigenvalue weighted by Gasteiger charge is -2.18. The maximum absolute atomic E-state index is 8.98. The van der Waals surface area contributed by atoms with Gasteiger partial charge in [0.05, 0.1) is 6.26 Å². The molecule has 0 aliphatic carbocycles. The summed E-state index contributed by atoms with van der Waals surface area (Å²) in [5.41, 5.74) is 2.50. The Bertz CT molecular complexity index is 595. The molecular formula is C14H15N3O. The predicted octanol–water partition coefficient (Wildman–Crippen LogP) is 2.80. The second kappa shape index (κ2) is 4.92. The van der Waals surface area contributed by atoms with Crippen LogP contribution in [0.25, 0.3) is 0 Å². The van der Waals surface area contributed by atoms with E-state index in [9.17, 15) is 0 Å². The van der Waals surface area contributed by atoms with E-state index >= 15 is 0 Å². The smallest absolute Gasteiger partial charge is 0.145 e.